The normalized spacial score (nSPS) is 15.2. The zero-order valence-electron chi connectivity index (χ0n) is 41.0. The molecule has 0 atom stereocenters. The number of methoxy groups -OCH3 is 1. The maximum Gasteiger partial charge on any atom is 0.305 e. The van der Waals surface area contributed by atoms with Crippen LogP contribution in [0.25, 0.3) is 10.9 Å². The Morgan fingerprint density at radius 2 is 1.54 bits per heavy atom. The van der Waals surface area contributed by atoms with Gasteiger partial charge in [0.05, 0.1) is 17.5 Å². The molecule has 0 aliphatic carbocycles. The number of para-hydroxylation sites is 2. The Kier molecular flexibility index (Phi) is 18.6. The highest BCUT2D eigenvalue weighted by Gasteiger charge is 2.44. The van der Waals surface area contributed by atoms with E-state index in [2.05, 4.69) is 156 Å². The molecule has 11 heteroatoms. The number of esters is 1. The van der Waals surface area contributed by atoms with Gasteiger partial charge < -0.3 is 46.1 Å². The standard InChI is InChI=1S/C58H66N5O5.BrH/c1-8-10-33-62-49-28-20-18-26-46(49)57(3,4)53(62)30-15-12-11-13-16-31-54-58(5,6)47-27-19-21-29-50(47)63(54)34-22-14-17-32-55(64)68-38-37-67-51-40-45-48(41-52(51)66-36-35-65-7)59-42-60-56(45)61-44-25-23-24-43(9-2)39-44;/h2,11-13,15-16,18-21,23-31,39-42H,8,10,14,17,22,32-38H2,1,3-7H3,(H,59,60,61);1H/q+1;/p-1. The molecule has 0 saturated heterocycles. The number of aromatic nitrogens is 2. The lowest BCUT2D eigenvalue weighted by Gasteiger charge is -2.27. The summed E-state index contributed by atoms with van der Waals surface area (Å²) in [6.07, 6.45) is 27.5. The molecule has 5 aromatic rings. The predicted molar refractivity (Wildman–Crippen MR) is 276 cm³/mol. The quantitative estimate of drug-likeness (QED) is 0.0226. The molecule has 0 fully saturated rings. The molecule has 7 rings (SSSR count). The highest BCUT2D eigenvalue weighted by molar-refractivity contribution is 6.03. The van der Waals surface area contributed by atoms with Crippen molar-refractivity contribution in [3.8, 4) is 23.8 Å². The Hall–Kier alpha value is -6.48. The van der Waals surface area contributed by atoms with E-state index in [1.165, 1.54) is 40.2 Å². The summed E-state index contributed by atoms with van der Waals surface area (Å²) in [7, 11) is 1.62. The minimum Gasteiger partial charge on any atom is -1.00 e. The van der Waals surface area contributed by atoms with Crippen LogP contribution >= 0.6 is 0 Å². The molecule has 0 bridgehead atoms. The first kappa shape index (κ1) is 51.9. The van der Waals surface area contributed by atoms with Crippen LogP contribution in [0.15, 0.2) is 139 Å². The van der Waals surface area contributed by atoms with Crippen molar-refractivity contribution >= 4 is 45.5 Å². The van der Waals surface area contributed by atoms with Crippen LogP contribution in [0.3, 0.4) is 0 Å². The van der Waals surface area contributed by atoms with E-state index in [0.29, 0.717) is 42.5 Å². The Morgan fingerprint density at radius 1 is 0.797 bits per heavy atom. The van der Waals surface area contributed by atoms with Crippen molar-refractivity contribution in [3.05, 3.63) is 156 Å². The Bertz CT molecular complexity index is 2760. The number of anilines is 3. The Labute approximate surface area is 419 Å². The van der Waals surface area contributed by atoms with Crippen LogP contribution in [0.4, 0.5) is 22.9 Å². The molecule has 0 amide bonds. The maximum atomic E-state index is 12.9. The van der Waals surface area contributed by atoms with Crippen molar-refractivity contribution in [1.82, 2.24) is 9.97 Å². The number of hydrogen-bond acceptors (Lipinski definition) is 9. The second-order valence-corrected chi connectivity index (χ2v) is 18.1. The number of terminal acetylenes is 1. The van der Waals surface area contributed by atoms with Gasteiger partial charge in [0, 0.05) is 83.7 Å². The molecule has 69 heavy (non-hydrogen) atoms. The monoisotopic (exact) mass is 991 g/mol. The molecule has 4 aromatic carbocycles. The van der Waals surface area contributed by atoms with Gasteiger partial charge in [0.15, 0.2) is 17.2 Å². The molecule has 10 nitrogen and oxygen atoms in total. The fourth-order valence-electron chi connectivity index (χ4n) is 9.11. The number of carbonyl (C=O) groups excluding carboxylic acids is 1. The number of rotatable bonds is 23. The lowest BCUT2D eigenvalue weighted by atomic mass is 9.81. The number of ether oxygens (including phenoxy) is 4. The van der Waals surface area contributed by atoms with Gasteiger partial charge in [-0.25, -0.2) is 9.97 Å². The number of carbonyl (C=O) groups is 1. The number of allylic oxidation sites excluding steroid dienone is 8. The van der Waals surface area contributed by atoms with Crippen molar-refractivity contribution in [2.24, 2.45) is 0 Å². The summed E-state index contributed by atoms with van der Waals surface area (Å²) in [5, 5.41) is 4.07. The predicted octanol–water partition coefficient (Wildman–Crippen LogP) is 9.09. The lowest BCUT2D eigenvalue weighted by Crippen LogP contribution is -3.00. The van der Waals surface area contributed by atoms with E-state index in [9.17, 15) is 4.79 Å². The first-order valence-corrected chi connectivity index (χ1v) is 23.9. The van der Waals surface area contributed by atoms with E-state index >= 15 is 0 Å². The largest absolute Gasteiger partial charge is 1.00 e. The summed E-state index contributed by atoms with van der Waals surface area (Å²) in [6.45, 7) is 14.3. The van der Waals surface area contributed by atoms with E-state index in [-0.39, 0.29) is 47.0 Å². The van der Waals surface area contributed by atoms with Crippen LogP contribution < -0.4 is 36.7 Å². The van der Waals surface area contributed by atoms with Gasteiger partial charge in [-0.1, -0.05) is 106 Å². The van der Waals surface area contributed by atoms with E-state index in [4.69, 9.17) is 25.4 Å². The third kappa shape index (κ3) is 12.6. The van der Waals surface area contributed by atoms with Gasteiger partial charge >= 0.3 is 5.97 Å². The molecule has 2 aliphatic rings. The van der Waals surface area contributed by atoms with E-state index in [1.807, 2.05) is 36.4 Å². The topological polar surface area (TPSA) is 98.1 Å². The number of benzene rings is 4. The molecule has 3 heterocycles. The zero-order chi connectivity index (χ0) is 47.9. The first-order chi connectivity index (χ1) is 33.1. The molecule has 1 aromatic heterocycles. The van der Waals surface area contributed by atoms with Gasteiger partial charge in [-0.15, -0.1) is 6.42 Å². The highest BCUT2D eigenvalue weighted by atomic mass is 79.9. The average molecular weight is 993 g/mol. The smallest absolute Gasteiger partial charge is 0.305 e. The van der Waals surface area contributed by atoms with Crippen molar-refractivity contribution in [3.63, 3.8) is 0 Å². The number of nitrogens with zero attached hydrogens (tertiary/aromatic N) is 4. The second-order valence-electron chi connectivity index (χ2n) is 18.1. The summed E-state index contributed by atoms with van der Waals surface area (Å²) in [6, 6.07) is 28.7. The average Bonchev–Trinajstić information content (AvgIpc) is 3.69. The van der Waals surface area contributed by atoms with Gasteiger partial charge in [-0.2, -0.15) is 4.58 Å². The van der Waals surface area contributed by atoms with Crippen LogP contribution in [0.2, 0.25) is 0 Å². The van der Waals surface area contributed by atoms with E-state index in [0.717, 1.165) is 61.8 Å². The summed E-state index contributed by atoms with van der Waals surface area (Å²) >= 11 is 0. The van der Waals surface area contributed by atoms with Crippen molar-refractivity contribution in [2.75, 3.05) is 56.8 Å². The number of hydrogen-bond donors (Lipinski definition) is 1. The van der Waals surface area contributed by atoms with E-state index < -0.39 is 0 Å². The molecule has 0 unspecified atom stereocenters. The molecular weight excluding hydrogens is 927 g/mol. The van der Waals surface area contributed by atoms with E-state index in [1.54, 1.807) is 7.11 Å². The summed E-state index contributed by atoms with van der Waals surface area (Å²) in [5.74, 6) is 3.97. The van der Waals surface area contributed by atoms with Crippen LogP contribution in [-0.4, -0.2) is 72.9 Å². The number of nitrogens with one attached hydrogen (secondary N) is 1. The van der Waals surface area contributed by atoms with Crippen LogP contribution in [-0.2, 0) is 25.1 Å². The lowest BCUT2D eigenvalue weighted by molar-refractivity contribution is -0.438. The van der Waals surface area contributed by atoms with Gasteiger partial charge in [0.2, 0.25) is 5.69 Å². The maximum absolute atomic E-state index is 12.9. The van der Waals surface area contributed by atoms with Gasteiger partial charge in [-0.3, -0.25) is 4.79 Å². The fraction of sp³-hybridized carbons (Fsp3) is 0.345. The summed E-state index contributed by atoms with van der Waals surface area (Å²) < 4.78 is 25.4. The Morgan fingerprint density at radius 3 is 2.33 bits per heavy atom. The minimum absolute atomic E-state index is 0. The van der Waals surface area contributed by atoms with Gasteiger partial charge in [-0.05, 0) is 75.1 Å². The van der Waals surface area contributed by atoms with Crippen molar-refractivity contribution < 1.29 is 45.3 Å². The SMILES string of the molecule is C#Cc1cccc(Nc2ncnc3cc(OCCOC)c(OCCOC(=O)CCCCC[N+]4=C(/C=C/C=C/C=C/C=C5/N(CCCC)c6ccccc6C5(C)C)C(C)(C)c5ccccc54)cc23)c1.[Br-]. The third-order valence-corrected chi connectivity index (χ3v) is 12.7. The second kappa shape index (κ2) is 24.7. The summed E-state index contributed by atoms with van der Waals surface area (Å²) in [5.41, 5.74) is 9.90. The third-order valence-electron chi connectivity index (χ3n) is 12.7. The molecule has 2 aliphatic heterocycles. The molecule has 0 spiro atoms. The molecule has 0 saturated carbocycles. The minimum atomic E-state index is -0.247. The van der Waals surface area contributed by atoms with Crippen LogP contribution in [0.1, 0.15) is 89.8 Å². The number of fused-ring (bicyclic) bond motifs is 3. The molecule has 0 radical (unpaired) electrons. The number of halogens is 1. The van der Waals surface area contributed by atoms with Crippen LogP contribution in [0, 0.1) is 12.3 Å². The van der Waals surface area contributed by atoms with Gasteiger partial charge in [0.1, 0.15) is 38.5 Å². The molecule has 1 N–H and O–H groups in total. The fourth-order valence-corrected chi connectivity index (χ4v) is 9.11. The first-order valence-electron chi connectivity index (χ1n) is 23.9. The number of unbranched alkanes of at least 4 members (excludes halogenated alkanes) is 3. The van der Waals surface area contributed by atoms with Gasteiger partial charge in [0.25, 0.3) is 0 Å². The zero-order valence-corrected chi connectivity index (χ0v) is 42.6. The van der Waals surface area contributed by atoms with Crippen LogP contribution in [0.5, 0.6) is 11.5 Å². The molecular formula is C58H66BrN5O5. The highest BCUT2D eigenvalue weighted by Crippen LogP contribution is 2.48. The molecule has 360 valence electrons. The summed E-state index contributed by atoms with van der Waals surface area (Å²) in [4.78, 5) is 24.3. The van der Waals surface area contributed by atoms with Crippen molar-refractivity contribution in [1.29, 1.82) is 0 Å². The Balaban J connectivity index is 0.00000782. The van der Waals surface area contributed by atoms with Crippen molar-refractivity contribution in [2.45, 2.75) is 84.0 Å².